The molecular weight excluding hydrogens is 354 g/mol. The normalized spacial score (nSPS) is 10.8. The molecule has 0 amide bonds. The van der Waals surface area contributed by atoms with Crippen molar-refractivity contribution in [2.75, 3.05) is 0 Å². The van der Waals surface area contributed by atoms with Crippen molar-refractivity contribution in [3.63, 3.8) is 0 Å². The number of benzene rings is 2. The molecule has 0 aliphatic rings. The number of nitrogens with zero attached hydrogens (tertiary/aromatic N) is 1. The summed E-state index contributed by atoms with van der Waals surface area (Å²) in [5.41, 5.74) is 2.84. The molecule has 3 rings (SSSR count). The number of unbranched alkanes of at least 4 members (excludes halogenated alkanes) is 1. The zero-order valence-corrected chi connectivity index (χ0v) is 15.8. The largest absolute Gasteiger partial charge is 0.508 e. The maximum Gasteiger partial charge on any atom is 0.336 e. The highest BCUT2D eigenvalue weighted by molar-refractivity contribution is 5.96. The van der Waals surface area contributed by atoms with Crippen LogP contribution in [0.25, 0.3) is 11.1 Å². The summed E-state index contributed by atoms with van der Waals surface area (Å²) < 4.78 is 1.60. The van der Waals surface area contributed by atoms with E-state index in [2.05, 4.69) is 6.92 Å². The second-order valence-electron chi connectivity index (χ2n) is 6.78. The second kappa shape index (κ2) is 8.57. The van der Waals surface area contributed by atoms with Crippen molar-refractivity contribution in [1.29, 1.82) is 0 Å². The average Bonchev–Trinajstić information content (AvgIpc) is 2.69. The molecule has 28 heavy (non-hydrogen) atoms. The molecule has 0 spiro atoms. The molecule has 5 nitrogen and oxygen atoms in total. The maximum atomic E-state index is 12.4. The number of hydrogen-bond acceptors (Lipinski definition) is 3. The molecule has 0 aliphatic heterocycles. The van der Waals surface area contributed by atoms with Gasteiger partial charge >= 0.3 is 5.97 Å². The summed E-state index contributed by atoms with van der Waals surface area (Å²) in [4.78, 5) is 24.2. The van der Waals surface area contributed by atoms with Gasteiger partial charge in [-0.2, -0.15) is 0 Å². The van der Waals surface area contributed by atoms with E-state index >= 15 is 0 Å². The van der Waals surface area contributed by atoms with Crippen molar-refractivity contribution < 1.29 is 15.0 Å². The van der Waals surface area contributed by atoms with Gasteiger partial charge in [-0.25, -0.2) is 4.79 Å². The van der Waals surface area contributed by atoms with Crippen LogP contribution in [0.3, 0.4) is 0 Å². The quantitative estimate of drug-likeness (QED) is 0.643. The van der Waals surface area contributed by atoms with Gasteiger partial charge in [-0.3, -0.25) is 4.79 Å². The van der Waals surface area contributed by atoms with Gasteiger partial charge in [0.2, 0.25) is 0 Å². The van der Waals surface area contributed by atoms with Crippen LogP contribution in [0.15, 0.2) is 65.5 Å². The number of pyridine rings is 1. The van der Waals surface area contributed by atoms with E-state index in [4.69, 9.17) is 0 Å². The van der Waals surface area contributed by atoms with Crippen molar-refractivity contribution >= 4 is 5.97 Å². The summed E-state index contributed by atoms with van der Waals surface area (Å²) >= 11 is 0. The van der Waals surface area contributed by atoms with Gasteiger partial charge in [-0.05, 0) is 41.7 Å². The van der Waals surface area contributed by atoms with Crippen molar-refractivity contribution in [1.82, 2.24) is 4.57 Å². The standard InChI is InChI=1S/C23H23NO4/c1-2-3-9-18-13-19(25)14-22(26)24(18)15-16-10-11-20(21(12-16)23(27)28)17-7-5-4-6-8-17/h4-8,10-14,25H,2-3,9,15H2,1H3,(H,27,28). The Balaban J connectivity index is 2.01. The predicted molar refractivity (Wildman–Crippen MR) is 109 cm³/mol. The third-order valence-corrected chi connectivity index (χ3v) is 4.72. The second-order valence-corrected chi connectivity index (χ2v) is 6.78. The minimum atomic E-state index is -1.01. The van der Waals surface area contributed by atoms with Crippen molar-refractivity contribution in [2.24, 2.45) is 0 Å². The maximum absolute atomic E-state index is 12.4. The topological polar surface area (TPSA) is 79.5 Å². The molecule has 0 atom stereocenters. The van der Waals surface area contributed by atoms with Crippen molar-refractivity contribution in [2.45, 2.75) is 32.7 Å². The smallest absolute Gasteiger partial charge is 0.336 e. The molecule has 1 heterocycles. The van der Waals surface area contributed by atoms with Gasteiger partial charge in [-0.1, -0.05) is 55.8 Å². The molecule has 0 saturated carbocycles. The molecule has 144 valence electrons. The monoisotopic (exact) mass is 377 g/mol. The van der Waals surface area contributed by atoms with Crippen molar-refractivity contribution in [3.8, 4) is 16.9 Å². The number of hydrogen-bond donors (Lipinski definition) is 2. The summed E-state index contributed by atoms with van der Waals surface area (Å²) in [6.07, 6.45) is 2.54. The van der Waals surface area contributed by atoms with Crippen LogP contribution in [0.1, 0.15) is 41.4 Å². The van der Waals surface area contributed by atoms with E-state index in [0.717, 1.165) is 29.7 Å². The number of aromatic hydroxyl groups is 1. The van der Waals surface area contributed by atoms with Gasteiger partial charge in [0.25, 0.3) is 5.56 Å². The van der Waals surface area contributed by atoms with E-state index in [0.29, 0.717) is 12.0 Å². The summed E-state index contributed by atoms with van der Waals surface area (Å²) in [7, 11) is 0. The molecule has 0 saturated heterocycles. The number of aromatic carboxylic acids is 1. The first-order valence-electron chi connectivity index (χ1n) is 9.34. The Hall–Kier alpha value is -3.34. The Kier molecular flexibility index (Phi) is 5.94. The fraction of sp³-hybridized carbons (Fsp3) is 0.217. The highest BCUT2D eigenvalue weighted by Gasteiger charge is 2.14. The molecule has 0 fully saturated rings. The fourth-order valence-electron chi connectivity index (χ4n) is 3.30. The number of carbonyl (C=O) groups is 1. The average molecular weight is 377 g/mol. The molecule has 0 unspecified atom stereocenters. The first-order chi connectivity index (χ1) is 13.5. The van der Waals surface area contributed by atoms with Crippen LogP contribution in [0.5, 0.6) is 5.75 Å². The summed E-state index contributed by atoms with van der Waals surface area (Å²) in [6, 6.07) is 17.4. The van der Waals surface area contributed by atoms with E-state index in [-0.39, 0.29) is 23.4 Å². The number of carboxylic acids is 1. The third-order valence-electron chi connectivity index (χ3n) is 4.72. The fourth-order valence-corrected chi connectivity index (χ4v) is 3.30. The molecule has 0 radical (unpaired) electrons. The lowest BCUT2D eigenvalue weighted by Gasteiger charge is -2.15. The van der Waals surface area contributed by atoms with Gasteiger partial charge in [-0.15, -0.1) is 0 Å². The first-order valence-corrected chi connectivity index (χ1v) is 9.34. The predicted octanol–water partition coefficient (Wildman–Crippen LogP) is 4.31. The Morgan fingerprint density at radius 2 is 1.79 bits per heavy atom. The minimum absolute atomic E-state index is 0.0435. The number of rotatable bonds is 7. The van der Waals surface area contributed by atoms with E-state index < -0.39 is 5.97 Å². The first kappa shape index (κ1) is 19.4. The molecule has 0 aliphatic carbocycles. The summed E-state index contributed by atoms with van der Waals surface area (Å²) in [5, 5.41) is 19.4. The van der Waals surface area contributed by atoms with Crippen LogP contribution in [-0.4, -0.2) is 20.7 Å². The SMILES string of the molecule is CCCCc1cc(O)cc(=O)n1Cc1ccc(-c2ccccc2)c(C(=O)O)c1. The van der Waals surface area contributed by atoms with E-state index in [1.54, 1.807) is 22.8 Å². The lowest BCUT2D eigenvalue weighted by atomic mass is 9.97. The van der Waals surface area contributed by atoms with E-state index in [1.807, 2.05) is 36.4 Å². The highest BCUT2D eigenvalue weighted by Crippen LogP contribution is 2.25. The Labute approximate surface area is 163 Å². The van der Waals surface area contributed by atoms with Crippen LogP contribution in [-0.2, 0) is 13.0 Å². The summed E-state index contributed by atoms with van der Waals surface area (Å²) in [5.74, 6) is -1.05. The number of aromatic nitrogens is 1. The molecule has 2 N–H and O–H groups in total. The molecule has 0 bridgehead atoms. The summed E-state index contributed by atoms with van der Waals surface area (Å²) in [6.45, 7) is 2.32. The third kappa shape index (κ3) is 4.31. The minimum Gasteiger partial charge on any atom is -0.508 e. The van der Waals surface area contributed by atoms with E-state index in [1.165, 1.54) is 6.07 Å². The Morgan fingerprint density at radius 3 is 2.46 bits per heavy atom. The molecule has 3 aromatic rings. The highest BCUT2D eigenvalue weighted by atomic mass is 16.4. The van der Waals surface area contributed by atoms with Gasteiger partial charge in [0, 0.05) is 11.8 Å². The van der Waals surface area contributed by atoms with Gasteiger partial charge in [0.15, 0.2) is 0 Å². The molecular formula is C23H23NO4. The van der Waals surface area contributed by atoms with Gasteiger partial charge < -0.3 is 14.8 Å². The lowest BCUT2D eigenvalue weighted by molar-refractivity contribution is 0.0697. The Bertz CT molecular complexity index is 1040. The van der Waals surface area contributed by atoms with Crippen LogP contribution in [0, 0.1) is 0 Å². The van der Waals surface area contributed by atoms with Crippen LogP contribution >= 0.6 is 0 Å². The molecule has 2 aromatic carbocycles. The molecule has 5 heteroatoms. The van der Waals surface area contributed by atoms with Crippen LogP contribution in [0.2, 0.25) is 0 Å². The zero-order chi connectivity index (χ0) is 20.1. The van der Waals surface area contributed by atoms with Gasteiger partial charge in [0.05, 0.1) is 12.1 Å². The van der Waals surface area contributed by atoms with Crippen molar-refractivity contribution in [3.05, 3.63) is 87.8 Å². The van der Waals surface area contributed by atoms with Gasteiger partial charge in [0.1, 0.15) is 5.75 Å². The Morgan fingerprint density at radius 1 is 1.04 bits per heavy atom. The number of aryl methyl sites for hydroxylation is 1. The molecule has 1 aromatic heterocycles. The lowest BCUT2D eigenvalue weighted by Crippen LogP contribution is -2.23. The zero-order valence-electron chi connectivity index (χ0n) is 15.8. The van der Waals surface area contributed by atoms with Crippen LogP contribution in [0.4, 0.5) is 0 Å². The number of carboxylic acid groups (broad SMARTS) is 1. The van der Waals surface area contributed by atoms with E-state index in [9.17, 15) is 19.8 Å². The van der Waals surface area contributed by atoms with Crippen LogP contribution < -0.4 is 5.56 Å².